The van der Waals surface area contributed by atoms with Crippen LogP contribution in [0.25, 0.3) is 5.00 Å². The molecule has 0 saturated heterocycles. The molecule has 2 atom stereocenters. The van der Waals surface area contributed by atoms with Crippen LogP contribution in [-0.2, 0) is 19.0 Å². The maximum absolute atomic E-state index is 13.5. The summed E-state index contributed by atoms with van der Waals surface area (Å²) in [5, 5.41) is 13.7. The zero-order valence-corrected chi connectivity index (χ0v) is 25.7. The molecule has 41 heavy (non-hydrogen) atoms. The number of hydrogen-bond acceptors (Lipinski definition) is 9. The molecule has 2 aromatic heterocycles. The fraction of sp³-hybridized carbons (Fsp3) is 0.517. The quantitative estimate of drug-likeness (QED) is 0.252. The van der Waals surface area contributed by atoms with Gasteiger partial charge < -0.3 is 25.3 Å². The Morgan fingerprint density at radius 3 is 2.37 bits per heavy atom. The summed E-state index contributed by atoms with van der Waals surface area (Å²) in [6.07, 6.45) is 0.576. The van der Waals surface area contributed by atoms with Crippen LogP contribution in [0.5, 0.6) is 0 Å². The Bertz CT molecular complexity index is 1340. The number of halogens is 1. The van der Waals surface area contributed by atoms with Crippen LogP contribution < -0.4 is 11.1 Å². The van der Waals surface area contributed by atoms with E-state index in [0.29, 0.717) is 70.0 Å². The van der Waals surface area contributed by atoms with Gasteiger partial charge in [-0.15, -0.1) is 21.5 Å². The van der Waals surface area contributed by atoms with Crippen molar-refractivity contribution >= 4 is 34.6 Å². The number of carbonyl (C=O) groups excluding carboxylic acids is 1. The van der Waals surface area contributed by atoms with Gasteiger partial charge in [0.2, 0.25) is 5.91 Å². The molecule has 1 aromatic carbocycles. The third-order valence-electron chi connectivity index (χ3n) is 7.02. The number of aromatic nitrogens is 3. The molecule has 0 fully saturated rings. The van der Waals surface area contributed by atoms with Crippen molar-refractivity contribution in [1.29, 1.82) is 0 Å². The molecule has 4 rings (SSSR count). The first-order valence-electron chi connectivity index (χ1n) is 13.9. The minimum atomic E-state index is -0.526. The van der Waals surface area contributed by atoms with Crippen molar-refractivity contribution in [3.8, 4) is 5.00 Å². The zero-order chi connectivity index (χ0) is 29.4. The van der Waals surface area contributed by atoms with Crippen LogP contribution in [0.3, 0.4) is 0 Å². The highest BCUT2D eigenvalue weighted by atomic mass is 35.5. The number of hydrogen-bond donors (Lipinski definition) is 2. The molecule has 3 N–H and O–H groups in total. The van der Waals surface area contributed by atoms with E-state index in [4.69, 9.17) is 36.5 Å². The minimum Gasteiger partial charge on any atom is -0.378 e. The fourth-order valence-corrected chi connectivity index (χ4v) is 6.12. The Kier molecular flexibility index (Phi) is 11.4. The molecule has 12 heteroatoms. The van der Waals surface area contributed by atoms with E-state index in [0.717, 1.165) is 33.2 Å². The predicted octanol–water partition coefficient (Wildman–Crippen LogP) is 3.95. The van der Waals surface area contributed by atoms with Gasteiger partial charge in [-0.2, -0.15) is 0 Å². The number of ether oxygens (including phenoxy) is 3. The largest absolute Gasteiger partial charge is 0.378 e. The standard InChI is InChI=1S/C29H39ClN6O4S/c1-5-23(28(37)32-11-13-39-15-17-40-16-14-38-12-10-31)26-27-35-34-20(4)36(27)29-24(18(2)19(3)41-29)25(33-26)21-6-8-22(30)9-7-21/h6-9,23,26H,5,10-17,31H2,1-4H3,(H,32,37)/t23-,26+/m1/s1. The number of nitrogens with one attached hydrogen (secondary N) is 1. The van der Waals surface area contributed by atoms with Crippen molar-refractivity contribution < 1.29 is 19.0 Å². The van der Waals surface area contributed by atoms with Crippen LogP contribution in [0, 0.1) is 26.7 Å². The van der Waals surface area contributed by atoms with Crippen molar-refractivity contribution in [2.45, 2.75) is 40.2 Å². The molecule has 3 heterocycles. The van der Waals surface area contributed by atoms with Gasteiger partial charge in [0.15, 0.2) is 5.82 Å². The topological polar surface area (TPSA) is 126 Å². The second-order valence-corrected chi connectivity index (χ2v) is 11.4. The van der Waals surface area contributed by atoms with E-state index in [9.17, 15) is 4.79 Å². The number of rotatable bonds is 15. The number of carbonyl (C=O) groups is 1. The van der Waals surface area contributed by atoms with Gasteiger partial charge in [-0.1, -0.05) is 30.7 Å². The first kappa shape index (κ1) is 31.3. The average Bonchev–Trinajstić information content (AvgIpc) is 3.43. The van der Waals surface area contributed by atoms with E-state index in [-0.39, 0.29) is 5.91 Å². The van der Waals surface area contributed by atoms with Gasteiger partial charge in [0, 0.05) is 34.1 Å². The third-order valence-corrected chi connectivity index (χ3v) is 8.46. The SMILES string of the molecule is CC[C@@H](C(=O)NCCOCCOCCOCCN)[C@@H]1N=C(c2ccc(Cl)cc2)c2c(sc(C)c2C)-n2c(C)nnc21. The first-order valence-corrected chi connectivity index (χ1v) is 15.1. The highest BCUT2D eigenvalue weighted by molar-refractivity contribution is 7.15. The van der Waals surface area contributed by atoms with Gasteiger partial charge in [-0.3, -0.25) is 14.4 Å². The summed E-state index contributed by atoms with van der Waals surface area (Å²) in [7, 11) is 0. The molecule has 0 radical (unpaired) electrons. The number of amides is 1. The lowest BCUT2D eigenvalue weighted by atomic mass is 9.94. The molecule has 222 valence electrons. The summed E-state index contributed by atoms with van der Waals surface area (Å²) in [4.78, 5) is 20.0. The molecule has 0 bridgehead atoms. The Morgan fingerprint density at radius 1 is 1.05 bits per heavy atom. The van der Waals surface area contributed by atoms with Crippen LogP contribution in [0.15, 0.2) is 29.3 Å². The molecule has 0 unspecified atom stereocenters. The van der Waals surface area contributed by atoms with E-state index in [1.165, 1.54) is 4.88 Å². The van der Waals surface area contributed by atoms with Gasteiger partial charge in [0.25, 0.3) is 0 Å². The van der Waals surface area contributed by atoms with Crippen LogP contribution in [0.1, 0.15) is 52.6 Å². The summed E-state index contributed by atoms with van der Waals surface area (Å²) < 4.78 is 18.4. The normalized spacial score (nSPS) is 15.2. The lowest BCUT2D eigenvalue weighted by Gasteiger charge is -2.22. The molecule has 10 nitrogen and oxygen atoms in total. The summed E-state index contributed by atoms with van der Waals surface area (Å²) in [5.41, 5.74) is 9.35. The highest BCUT2D eigenvalue weighted by Crippen LogP contribution is 2.41. The summed E-state index contributed by atoms with van der Waals surface area (Å²) in [6, 6.07) is 7.15. The molecular formula is C29H39ClN6O4S. The molecule has 1 aliphatic heterocycles. The third kappa shape index (κ3) is 7.40. The zero-order valence-electron chi connectivity index (χ0n) is 24.1. The number of nitrogens with zero attached hydrogens (tertiary/aromatic N) is 4. The van der Waals surface area contributed by atoms with E-state index >= 15 is 0 Å². The van der Waals surface area contributed by atoms with E-state index < -0.39 is 12.0 Å². The van der Waals surface area contributed by atoms with Crippen molar-refractivity contribution in [2.75, 3.05) is 52.7 Å². The van der Waals surface area contributed by atoms with Crippen LogP contribution in [0.4, 0.5) is 0 Å². The molecule has 0 spiro atoms. The lowest BCUT2D eigenvalue weighted by Crippen LogP contribution is -2.36. The Hall–Kier alpha value is -2.67. The first-order chi connectivity index (χ1) is 19.9. The molecule has 1 aliphatic rings. The van der Waals surface area contributed by atoms with Crippen molar-refractivity contribution in [1.82, 2.24) is 20.1 Å². The monoisotopic (exact) mass is 602 g/mol. The summed E-state index contributed by atoms with van der Waals surface area (Å²) in [6.45, 7) is 11.8. The van der Waals surface area contributed by atoms with Gasteiger partial charge in [-0.25, -0.2) is 0 Å². The molecule has 1 amide bonds. The minimum absolute atomic E-state index is 0.0982. The predicted molar refractivity (Wildman–Crippen MR) is 162 cm³/mol. The van der Waals surface area contributed by atoms with Crippen molar-refractivity contribution in [3.05, 3.63) is 62.5 Å². The van der Waals surface area contributed by atoms with Gasteiger partial charge in [-0.05, 0) is 44.9 Å². The second-order valence-electron chi connectivity index (χ2n) is 9.77. The number of aliphatic imine (C=N–C) groups is 1. The number of nitrogens with two attached hydrogens (primary N) is 1. The van der Waals surface area contributed by atoms with Crippen molar-refractivity contribution in [2.24, 2.45) is 16.6 Å². The maximum atomic E-state index is 13.5. The molecular weight excluding hydrogens is 564 g/mol. The van der Waals surface area contributed by atoms with Gasteiger partial charge in [0.05, 0.1) is 51.3 Å². The van der Waals surface area contributed by atoms with E-state index in [1.807, 2.05) is 38.1 Å². The van der Waals surface area contributed by atoms with E-state index in [1.54, 1.807) is 11.3 Å². The van der Waals surface area contributed by atoms with E-state index in [2.05, 4.69) is 33.9 Å². The van der Waals surface area contributed by atoms with Gasteiger partial charge in [0.1, 0.15) is 16.9 Å². The highest BCUT2D eigenvalue weighted by Gasteiger charge is 2.37. The number of aryl methyl sites for hydroxylation is 2. The Morgan fingerprint density at radius 2 is 1.71 bits per heavy atom. The van der Waals surface area contributed by atoms with Gasteiger partial charge >= 0.3 is 0 Å². The average molecular weight is 603 g/mol. The smallest absolute Gasteiger partial charge is 0.225 e. The number of fused-ring (bicyclic) bond motifs is 3. The lowest BCUT2D eigenvalue weighted by molar-refractivity contribution is -0.126. The number of thiophene rings is 1. The Labute approximate surface area is 250 Å². The van der Waals surface area contributed by atoms with Crippen LogP contribution >= 0.6 is 22.9 Å². The molecule has 0 aliphatic carbocycles. The molecule has 0 saturated carbocycles. The molecule has 3 aromatic rings. The maximum Gasteiger partial charge on any atom is 0.225 e. The van der Waals surface area contributed by atoms with Crippen LogP contribution in [0.2, 0.25) is 5.02 Å². The number of benzene rings is 1. The van der Waals surface area contributed by atoms with Crippen LogP contribution in [-0.4, -0.2) is 79.1 Å². The summed E-state index contributed by atoms with van der Waals surface area (Å²) in [5.74, 6) is 0.877. The Balaban J connectivity index is 1.50. The second kappa shape index (κ2) is 15.0. The fourth-order valence-electron chi connectivity index (χ4n) is 4.78. The van der Waals surface area contributed by atoms with Crippen molar-refractivity contribution in [3.63, 3.8) is 0 Å². The summed E-state index contributed by atoms with van der Waals surface area (Å²) >= 11 is 7.91.